The van der Waals surface area contributed by atoms with Crippen LogP contribution in [-0.4, -0.2) is 58.4 Å². The Balaban J connectivity index is 1.53. The summed E-state index contributed by atoms with van der Waals surface area (Å²) in [6, 6.07) is 0. The van der Waals surface area contributed by atoms with Crippen LogP contribution in [0.4, 0.5) is 0 Å². The molecule has 6 heteroatoms. The third-order valence-electron chi connectivity index (χ3n) is 6.41. The first-order valence-electron chi connectivity index (χ1n) is 11.9. The Bertz CT molecular complexity index is 450. The average Bonchev–Trinajstić information content (AvgIpc) is 3.31. The second-order valence-electron chi connectivity index (χ2n) is 8.74. The van der Waals surface area contributed by atoms with Gasteiger partial charge in [-0.1, -0.05) is 32.6 Å². The molecule has 170 valence electrons. The predicted octanol–water partition coefficient (Wildman–Crippen LogP) is 6.01. The number of hydrogen-bond donors (Lipinski definition) is 1. The molecular formula is C23H43NO3S2. The molecule has 1 amide bonds. The molecule has 2 aliphatic rings. The van der Waals surface area contributed by atoms with Crippen molar-refractivity contribution in [1.82, 2.24) is 5.06 Å². The van der Waals surface area contributed by atoms with Crippen LogP contribution in [0.15, 0.2) is 0 Å². The summed E-state index contributed by atoms with van der Waals surface area (Å²) < 4.78 is 6.27. The van der Waals surface area contributed by atoms with Gasteiger partial charge in [-0.15, -0.1) is 0 Å². The number of carbonyl (C=O) groups excluding carboxylic acids is 1. The third-order valence-corrected chi connectivity index (χ3v) is 8.76. The summed E-state index contributed by atoms with van der Waals surface area (Å²) in [5.74, 6) is 6.33. The molecule has 4 nitrogen and oxygen atoms in total. The molecule has 2 bridgehead atoms. The fraction of sp³-hybridized carbons (Fsp3) is 0.957. The van der Waals surface area contributed by atoms with Crippen molar-refractivity contribution in [2.24, 2.45) is 11.8 Å². The third kappa shape index (κ3) is 9.40. The van der Waals surface area contributed by atoms with E-state index < -0.39 is 0 Å². The molecule has 2 heterocycles. The van der Waals surface area contributed by atoms with E-state index in [1.807, 2.05) is 11.8 Å². The fourth-order valence-electron chi connectivity index (χ4n) is 4.68. The first-order chi connectivity index (χ1) is 14.1. The predicted molar refractivity (Wildman–Crippen MR) is 126 cm³/mol. The largest absolute Gasteiger partial charge is 0.374 e. The van der Waals surface area contributed by atoms with Crippen LogP contribution >= 0.6 is 23.5 Å². The van der Waals surface area contributed by atoms with Crippen LogP contribution in [0.5, 0.6) is 0 Å². The maximum absolute atomic E-state index is 11.4. The van der Waals surface area contributed by atoms with Crippen molar-refractivity contribution in [1.29, 1.82) is 0 Å². The standard InChI is InChI=1S/C23H43NO3S2/c1-3-4-5-8-15-28-16-9-6-11-19-20(22-14-13-21(19)27-22)18-29-17-10-7-12-23(25)24(2)26/h19-22,26H,3-18H2,1-2H3/t19-,20+,21-,22+/m1/s1. The van der Waals surface area contributed by atoms with Crippen molar-refractivity contribution in [3.05, 3.63) is 0 Å². The van der Waals surface area contributed by atoms with E-state index in [0.29, 0.717) is 23.7 Å². The molecule has 0 aliphatic carbocycles. The van der Waals surface area contributed by atoms with Gasteiger partial charge in [-0.3, -0.25) is 10.0 Å². The van der Waals surface area contributed by atoms with Crippen LogP contribution in [0.1, 0.15) is 84.0 Å². The van der Waals surface area contributed by atoms with Crippen LogP contribution in [0, 0.1) is 11.8 Å². The van der Waals surface area contributed by atoms with Gasteiger partial charge in [-0.25, -0.2) is 5.06 Å². The smallest absolute Gasteiger partial charge is 0.245 e. The number of rotatable bonds is 17. The highest BCUT2D eigenvalue weighted by atomic mass is 32.2. The molecule has 0 saturated carbocycles. The highest BCUT2D eigenvalue weighted by Crippen LogP contribution is 2.46. The van der Waals surface area contributed by atoms with Crippen LogP contribution in [-0.2, 0) is 9.53 Å². The number of hydroxylamine groups is 2. The molecule has 0 aromatic carbocycles. The van der Waals surface area contributed by atoms with Gasteiger partial charge in [-0.2, -0.15) is 23.5 Å². The molecule has 0 spiro atoms. The van der Waals surface area contributed by atoms with Crippen molar-refractivity contribution < 1.29 is 14.7 Å². The van der Waals surface area contributed by atoms with E-state index in [0.717, 1.165) is 30.4 Å². The van der Waals surface area contributed by atoms with Crippen LogP contribution in [0.25, 0.3) is 0 Å². The Labute approximate surface area is 187 Å². The van der Waals surface area contributed by atoms with E-state index >= 15 is 0 Å². The lowest BCUT2D eigenvalue weighted by molar-refractivity contribution is -0.159. The molecule has 0 radical (unpaired) electrons. The SMILES string of the molecule is CCCCCCSCCCC[C@@H]1[C@H](CSCCCCC(=O)N(C)O)[C@@H]2CC[C@H]1O2. The summed E-state index contributed by atoms with van der Waals surface area (Å²) in [7, 11) is 1.40. The summed E-state index contributed by atoms with van der Waals surface area (Å²) in [4.78, 5) is 11.4. The zero-order chi connectivity index (χ0) is 20.9. The molecule has 1 N–H and O–H groups in total. The number of carbonyl (C=O) groups is 1. The summed E-state index contributed by atoms with van der Waals surface area (Å²) in [5.41, 5.74) is 0. The van der Waals surface area contributed by atoms with Gasteiger partial charge in [0.1, 0.15) is 0 Å². The monoisotopic (exact) mass is 445 g/mol. The lowest BCUT2D eigenvalue weighted by Crippen LogP contribution is -2.29. The first kappa shape index (κ1) is 25.4. The van der Waals surface area contributed by atoms with Gasteiger partial charge in [0, 0.05) is 13.5 Å². The summed E-state index contributed by atoms with van der Waals surface area (Å²) in [5, 5.41) is 9.79. The van der Waals surface area contributed by atoms with Gasteiger partial charge in [0.05, 0.1) is 12.2 Å². The van der Waals surface area contributed by atoms with Crippen molar-refractivity contribution >= 4 is 29.4 Å². The normalized spacial score (nSPS) is 25.6. The van der Waals surface area contributed by atoms with Crippen LogP contribution < -0.4 is 0 Å². The molecule has 4 atom stereocenters. The zero-order valence-electron chi connectivity index (χ0n) is 18.7. The van der Waals surface area contributed by atoms with Gasteiger partial charge in [0.15, 0.2) is 0 Å². The minimum Gasteiger partial charge on any atom is -0.374 e. The Hall–Kier alpha value is 0.0900. The minimum absolute atomic E-state index is 0.185. The zero-order valence-corrected chi connectivity index (χ0v) is 20.3. The Morgan fingerprint density at radius 3 is 2.31 bits per heavy atom. The maximum atomic E-state index is 11.4. The number of hydrogen-bond acceptors (Lipinski definition) is 5. The number of unbranched alkanes of at least 4 members (excludes halogenated alkanes) is 5. The van der Waals surface area contributed by atoms with Crippen molar-refractivity contribution in [3.63, 3.8) is 0 Å². The van der Waals surface area contributed by atoms with E-state index in [2.05, 4.69) is 18.7 Å². The van der Waals surface area contributed by atoms with Gasteiger partial charge in [-0.05, 0) is 79.8 Å². The van der Waals surface area contributed by atoms with Crippen molar-refractivity contribution in [2.75, 3.05) is 30.1 Å². The number of fused-ring (bicyclic) bond motifs is 2. The number of nitrogens with zero attached hydrogens (tertiary/aromatic N) is 1. The number of ether oxygens (including phenoxy) is 1. The van der Waals surface area contributed by atoms with Gasteiger partial charge >= 0.3 is 0 Å². The second-order valence-corrected chi connectivity index (χ2v) is 11.1. The van der Waals surface area contributed by atoms with Gasteiger partial charge in [0.25, 0.3) is 0 Å². The molecule has 2 aliphatic heterocycles. The lowest BCUT2D eigenvalue weighted by Gasteiger charge is -2.27. The van der Waals surface area contributed by atoms with Crippen LogP contribution in [0.3, 0.4) is 0 Å². The summed E-state index contributed by atoms with van der Waals surface area (Å²) >= 11 is 4.19. The van der Waals surface area contributed by atoms with E-state index in [-0.39, 0.29) is 5.91 Å². The van der Waals surface area contributed by atoms with Gasteiger partial charge < -0.3 is 4.74 Å². The summed E-state index contributed by atoms with van der Waals surface area (Å²) in [6.07, 6.45) is 15.5. The van der Waals surface area contributed by atoms with Gasteiger partial charge in [0.2, 0.25) is 5.91 Å². The molecular weight excluding hydrogens is 402 g/mol. The topological polar surface area (TPSA) is 49.8 Å². The molecule has 2 saturated heterocycles. The van der Waals surface area contributed by atoms with Crippen molar-refractivity contribution in [3.8, 4) is 0 Å². The number of amides is 1. The Morgan fingerprint density at radius 1 is 0.931 bits per heavy atom. The Kier molecular flexibility index (Phi) is 13.1. The van der Waals surface area contributed by atoms with E-state index in [1.165, 1.54) is 82.1 Å². The van der Waals surface area contributed by atoms with Crippen molar-refractivity contribution in [2.45, 2.75) is 96.2 Å². The minimum atomic E-state index is -0.185. The Morgan fingerprint density at radius 2 is 1.59 bits per heavy atom. The highest BCUT2D eigenvalue weighted by Gasteiger charge is 2.47. The second kappa shape index (κ2) is 15.0. The lowest BCUT2D eigenvalue weighted by atomic mass is 9.78. The molecule has 0 aromatic heterocycles. The summed E-state index contributed by atoms with van der Waals surface area (Å²) in [6.45, 7) is 2.28. The molecule has 0 unspecified atom stereocenters. The quantitative estimate of drug-likeness (QED) is 0.169. The first-order valence-corrected chi connectivity index (χ1v) is 14.2. The maximum Gasteiger partial charge on any atom is 0.245 e. The van der Waals surface area contributed by atoms with E-state index in [1.54, 1.807) is 0 Å². The van der Waals surface area contributed by atoms with E-state index in [9.17, 15) is 4.79 Å². The molecule has 0 aromatic rings. The molecule has 29 heavy (non-hydrogen) atoms. The highest BCUT2D eigenvalue weighted by molar-refractivity contribution is 7.99. The average molecular weight is 446 g/mol. The fourth-order valence-corrected chi connectivity index (χ4v) is 7.01. The molecule has 2 fully saturated rings. The number of thioether (sulfide) groups is 2. The van der Waals surface area contributed by atoms with Crippen LogP contribution in [0.2, 0.25) is 0 Å². The van der Waals surface area contributed by atoms with E-state index in [4.69, 9.17) is 9.94 Å². The molecule has 2 rings (SSSR count).